The van der Waals surface area contributed by atoms with Crippen molar-refractivity contribution in [2.24, 2.45) is 0 Å². The summed E-state index contributed by atoms with van der Waals surface area (Å²) in [5.41, 5.74) is 0.266. The molecule has 0 aliphatic rings. The van der Waals surface area contributed by atoms with E-state index in [1.807, 2.05) is 45.0 Å². The van der Waals surface area contributed by atoms with E-state index >= 15 is 0 Å². The van der Waals surface area contributed by atoms with E-state index < -0.39 is 0 Å². The van der Waals surface area contributed by atoms with E-state index in [1.54, 1.807) is 0 Å². The van der Waals surface area contributed by atoms with E-state index in [-0.39, 0.29) is 11.4 Å². The molecule has 0 radical (unpaired) electrons. The molecule has 1 aromatic carbocycles. The second kappa shape index (κ2) is 4.58. The van der Waals surface area contributed by atoms with Gasteiger partial charge in [-0.25, -0.2) is 4.98 Å². The van der Waals surface area contributed by atoms with Crippen LogP contribution in [0.1, 0.15) is 31.1 Å². The summed E-state index contributed by atoms with van der Waals surface area (Å²) >= 11 is 6.02. The van der Waals surface area contributed by atoms with Crippen LogP contribution in [0.25, 0.3) is 10.8 Å². The molecule has 4 heteroatoms. The Morgan fingerprint density at radius 3 is 2.44 bits per heavy atom. The Morgan fingerprint density at radius 1 is 1.22 bits per heavy atom. The van der Waals surface area contributed by atoms with Gasteiger partial charge in [0.25, 0.3) is 5.91 Å². The first-order chi connectivity index (χ1) is 8.38. The highest BCUT2D eigenvalue weighted by Gasteiger charge is 2.18. The van der Waals surface area contributed by atoms with Crippen molar-refractivity contribution in [1.82, 2.24) is 10.3 Å². The summed E-state index contributed by atoms with van der Waals surface area (Å²) in [5, 5.41) is 4.95. The summed E-state index contributed by atoms with van der Waals surface area (Å²) in [5.74, 6) is -0.136. The number of amides is 1. The monoisotopic (exact) mass is 262 g/mol. The molecule has 1 heterocycles. The normalized spacial score (nSPS) is 11.6. The zero-order valence-electron chi connectivity index (χ0n) is 10.6. The summed E-state index contributed by atoms with van der Waals surface area (Å²) < 4.78 is 0. The SMILES string of the molecule is CC(C)(C)NC(=O)c1cnc(Cl)c2ccccc12. The smallest absolute Gasteiger partial charge is 0.253 e. The third-order valence-corrected chi connectivity index (χ3v) is 2.78. The first kappa shape index (κ1) is 12.8. The average molecular weight is 263 g/mol. The molecule has 0 saturated carbocycles. The van der Waals surface area contributed by atoms with Crippen LogP contribution >= 0.6 is 11.6 Å². The van der Waals surface area contributed by atoms with Crippen molar-refractivity contribution in [2.75, 3.05) is 0 Å². The van der Waals surface area contributed by atoms with Crippen molar-refractivity contribution in [2.45, 2.75) is 26.3 Å². The molecule has 1 aromatic heterocycles. The fourth-order valence-electron chi connectivity index (χ4n) is 1.75. The number of fused-ring (bicyclic) bond motifs is 1. The van der Waals surface area contributed by atoms with Crippen LogP contribution in [0.4, 0.5) is 0 Å². The van der Waals surface area contributed by atoms with Crippen LogP contribution in [-0.4, -0.2) is 16.4 Å². The van der Waals surface area contributed by atoms with E-state index in [2.05, 4.69) is 10.3 Å². The van der Waals surface area contributed by atoms with Crippen molar-refractivity contribution in [1.29, 1.82) is 0 Å². The van der Waals surface area contributed by atoms with Gasteiger partial charge in [-0.3, -0.25) is 4.79 Å². The molecule has 2 rings (SSSR count). The number of aromatic nitrogens is 1. The Bertz CT molecular complexity index is 602. The molecule has 3 nitrogen and oxygen atoms in total. The van der Waals surface area contributed by atoms with Crippen LogP contribution in [0.15, 0.2) is 30.5 Å². The van der Waals surface area contributed by atoms with E-state index in [4.69, 9.17) is 11.6 Å². The van der Waals surface area contributed by atoms with Crippen LogP contribution in [0.3, 0.4) is 0 Å². The number of pyridine rings is 1. The molecule has 0 saturated heterocycles. The number of halogens is 1. The van der Waals surface area contributed by atoms with Crippen molar-refractivity contribution in [3.05, 3.63) is 41.2 Å². The van der Waals surface area contributed by atoms with Crippen molar-refractivity contribution >= 4 is 28.3 Å². The summed E-state index contributed by atoms with van der Waals surface area (Å²) in [6.45, 7) is 5.82. The molecule has 0 atom stereocenters. The van der Waals surface area contributed by atoms with Gasteiger partial charge >= 0.3 is 0 Å². The third-order valence-electron chi connectivity index (χ3n) is 2.48. The molecule has 0 unspecified atom stereocenters. The highest BCUT2D eigenvalue weighted by atomic mass is 35.5. The molecule has 1 N–H and O–H groups in total. The van der Waals surface area contributed by atoms with Gasteiger partial charge in [0.1, 0.15) is 5.15 Å². The van der Waals surface area contributed by atoms with Crippen molar-refractivity contribution in [3.63, 3.8) is 0 Å². The van der Waals surface area contributed by atoms with Gasteiger partial charge in [-0.1, -0.05) is 35.9 Å². The molecule has 0 aliphatic carbocycles. The van der Waals surface area contributed by atoms with Gasteiger partial charge in [-0.05, 0) is 26.2 Å². The molecule has 18 heavy (non-hydrogen) atoms. The predicted octanol–water partition coefficient (Wildman–Crippen LogP) is 3.42. The molecule has 94 valence electrons. The summed E-state index contributed by atoms with van der Waals surface area (Å²) in [4.78, 5) is 16.3. The number of rotatable bonds is 1. The Balaban J connectivity index is 2.52. The standard InChI is InChI=1S/C14H15ClN2O/c1-14(2,3)17-13(18)11-8-16-12(15)10-7-5-4-6-9(10)11/h4-8H,1-3H3,(H,17,18). The molecular weight excluding hydrogens is 248 g/mol. The lowest BCUT2D eigenvalue weighted by Gasteiger charge is -2.21. The van der Waals surface area contributed by atoms with Gasteiger partial charge < -0.3 is 5.32 Å². The van der Waals surface area contributed by atoms with E-state index in [1.165, 1.54) is 6.20 Å². The van der Waals surface area contributed by atoms with Gasteiger partial charge in [0.05, 0.1) is 5.56 Å². The van der Waals surface area contributed by atoms with Crippen molar-refractivity contribution in [3.8, 4) is 0 Å². The zero-order chi connectivity index (χ0) is 13.3. The highest BCUT2D eigenvalue weighted by Crippen LogP contribution is 2.24. The minimum atomic E-state index is -0.280. The lowest BCUT2D eigenvalue weighted by molar-refractivity contribution is 0.0921. The maximum atomic E-state index is 12.2. The van der Waals surface area contributed by atoms with E-state index in [0.717, 1.165) is 10.8 Å². The van der Waals surface area contributed by atoms with Gasteiger partial charge in [0.15, 0.2) is 0 Å². The fraction of sp³-hybridized carbons (Fsp3) is 0.286. The topological polar surface area (TPSA) is 42.0 Å². The number of hydrogen-bond donors (Lipinski definition) is 1. The molecular formula is C14H15ClN2O. The minimum absolute atomic E-state index is 0.136. The van der Waals surface area contributed by atoms with Crippen LogP contribution < -0.4 is 5.32 Å². The largest absolute Gasteiger partial charge is 0.347 e. The third kappa shape index (κ3) is 2.62. The number of benzene rings is 1. The number of carbonyl (C=O) groups excluding carboxylic acids is 1. The highest BCUT2D eigenvalue weighted by molar-refractivity contribution is 6.34. The van der Waals surface area contributed by atoms with Crippen LogP contribution in [0.2, 0.25) is 5.15 Å². The second-order valence-corrected chi connectivity index (χ2v) is 5.57. The first-order valence-electron chi connectivity index (χ1n) is 5.74. The van der Waals surface area contributed by atoms with Crippen LogP contribution in [0, 0.1) is 0 Å². The quantitative estimate of drug-likeness (QED) is 0.800. The lowest BCUT2D eigenvalue weighted by atomic mass is 10.0. The van der Waals surface area contributed by atoms with Crippen LogP contribution in [-0.2, 0) is 0 Å². The summed E-state index contributed by atoms with van der Waals surface area (Å²) in [6, 6.07) is 7.49. The summed E-state index contributed by atoms with van der Waals surface area (Å²) in [6.07, 6.45) is 1.52. The Labute approximate surface area is 111 Å². The zero-order valence-corrected chi connectivity index (χ0v) is 11.4. The minimum Gasteiger partial charge on any atom is -0.347 e. The maximum Gasteiger partial charge on any atom is 0.253 e. The van der Waals surface area contributed by atoms with Gasteiger partial charge in [0.2, 0.25) is 0 Å². The van der Waals surface area contributed by atoms with Gasteiger partial charge in [-0.15, -0.1) is 0 Å². The van der Waals surface area contributed by atoms with E-state index in [9.17, 15) is 4.79 Å². The Hall–Kier alpha value is -1.61. The molecule has 0 spiro atoms. The fourth-order valence-corrected chi connectivity index (χ4v) is 1.96. The number of nitrogens with one attached hydrogen (secondary N) is 1. The number of hydrogen-bond acceptors (Lipinski definition) is 2. The second-order valence-electron chi connectivity index (χ2n) is 5.21. The average Bonchev–Trinajstić information content (AvgIpc) is 2.27. The molecule has 0 aliphatic heterocycles. The van der Waals surface area contributed by atoms with Crippen LogP contribution in [0.5, 0.6) is 0 Å². The Kier molecular flexibility index (Phi) is 3.26. The van der Waals surface area contributed by atoms with Gasteiger partial charge in [0, 0.05) is 17.1 Å². The number of carbonyl (C=O) groups is 1. The predicted molar refractivity (Wildman–Crippen MR) is 74.0 cm³/mol. The first-order valence-corrected chi connectivity index (χ1v) is 6.12. The molecule has 2 aromatic rings. The van der Waals surface area contributed by atoms with Crippen molar-refractivity contribution < 1.29 is 4.79 Å². The Morgan fingerprint density at radius 2 is 1.83 bits per heavy atom. The maximum absolute atomic E-state index is 12.2. The van der Waals surface area contributed by atoms with E-state index in [0.29, 0.717) is 10.7 Å². The molecule has 0 fully saturated rings. The number of nitrogens with zero attached hydrogens (tertiary/aromatic N) is 1. The van der Waals surface area contributed by atoms with Gasteiger partial charge in [-0.2, -0.15) is 0 Å². The lowest BCUT2D eigenvalue weighted by Crippen LogP contribution is -2.40. The molecule has 0 bridgehead atoms. The summed E-state index contributed by atoms with van der Waals surface area (Å²) in [7, 11) is 0. The molecule has 1 amide bonds.